The molecule has 1 aromatic carbocycles. The lowest BCUT2D eigenvalue weighted by Gasteiger charge is -2.11. The molecule has 0 spiro atoms. The Hall–Kier alpha value is -1.88. The van der Waals surface area contributed by atoms with Crippen LogP contribution in [0.5, 0.6) is 0 Å². The molecule has 1 aromatic rings. The third kappa shape index (κ3) is 4.71. The van der Waals surface area contributed by atoms with Crippen LogP contribution in [0.15, 0.2) is 24.3 Å². The summed E-state index contributed by atoms with van der Waals surface area (Å²) < 4.78 is 0. The smallest absolute Gasteiger partial charge is 0.251 e. The lowest BCUT2D eigenvalue weighted by atomic mass is 10.1. The molecule has 0 aliphatic heterocycles. The highest BCUT2D eigenvalue weighted by atomic mass is 16.2. The third-order valence-electron chi connectivity index (χ3n) is 2.71. The van der Waals surface area contributed by atoms with Crippen molar-refractivity contribution < 1.29 is 9.59 Å². The maximum absolute atomic E-state index is 11.8. The molecule has 1 unspecified atom stereocenters. The molecule has 0 fully saturated rings. The van der Waals surface area contributed by atoms with E-state index >= 15 is 0 Å². The SMILES string of the molecule is CCNC(=O)c1ccc(NC(=O)C(C)CNC)cc1. The third-order valence-corrected chi connectivity index (χ3v) is 2.71. The Morgan fingerprint density at radius 3 is 2.37 bits per heavy atom. The number of rotatable bonds is 6. The Balaban J connectivity index is 2.62. The molecule has 5 nitrogen and oxygen atoms in total. The molecule has 19 heavy (non-hydrogen) atoms. The fourth-order valence-corrected chi connectivity index (χ4v) is 1.63. The molecule has 104 valence electrons. The monoisotopic (exact) mass is 263 g/mol. The van der Waals surface area contributed by atoms with E-state index < -0.39 is 0 Å². The van der Waals surface area contributed by atoms with Crippen molar-refractivity contribution in [2.75, 3.05) is 25.5 Å². The molecule has 3 N–H and O–H groups in total. The second-order valence-corrected chi connectivity index (χ2v) is 4.38. The lowest BCUT2D eigenvalue weighted by molar-refractivity contribution is -0.119. The van der Waals surface area contributed by atoms with Gasteiger partial charge in [0.1, 0.15) is 0 Å². The van der Waals surface area contributed by atoms with Crippen LogP contribution in [0.25, 0.3) is 0 Å². The standard InChI is InChI=1S/C14H21N3O2/c1-4-16-14(19)11-5-7-12(8-6-11)17-13(18)10(2)9-15-3/h5-8,10,15H,4,9H2,1-3H3,(H,16,19)(H,17,18). The first-order chi connectivity index (χ1) is 9.08. The number of carbonyl (C=O) groups excluding carboxylic acids is 2. The van der Waals surface area contributed by atoms with Crippen molar-refractivity contribution in [3.05, 3.63) is 29.8 Å². The van der Waals surface area contributed by atoms with Crippen molar-refractivity contribution in [1.29, 1.82) is 0 Å². The van der Waals surface area contributed by atoms with E-state index in [0.29, 0.717) is 24.3 Å². The van der Waals surface area contributed by atoms with Crippen LogP contribution in [0.1, 0.15) is 24.2 Å². The molecule has 1 atom stereocenters. The molecular weight excluding hydrogens is 242 g/mol. The van der Waals surface area contributed by atoms with Gasteiger partial charge in [-0.1, -0.05) is 6.92 Å². The van der Waals surface area contributed by atoms with Gasteiger partial charge in [-0.3, -0.25) is 9.59 Å². The highest BCUT2D eigenvalue weighted by Crippen LogP contribution is 2.11. The van der Waals surface area contributed by atoms with Gasteiger partial charge in [-0.2, -0.15) is 0 Å². The summed E-state index contributed by atoms with van der Waals surface area (Å²) in [5.74, 6) is -0.253. The van der Waals surface area contributed by atoms with Crippen LogP contribution in [0, 0.1) is 5.92 Å². The van der Waals surface area contributed by atoms with E-state index in [1.165, 1.54) is 0 Å². The molecule has 2 amide bonds. The molecule has 5 heteroatoms. The van der Waals surface area contributed by atoms with Gasteiger partial charge in [0.15, 0.2) is 0 Å². The van der Waals surface area contributed by atoms with Crippen molar-refractivity contribution in [3.63, 3.8) is 0 Å². The summed E-state index contributed by atoms with van der Waals surface area (Å²) in [5.41, 5.74) is 1.28. The quantitative estimate of drug-likeness (QED) is 0.723. The average molecular weight is 263 g/mol. The van der Waals surface area contributed by atoms with Crippen LogP contribution in [0.3, 0.4) is 0 Å². The highest BCUT2D eigenvalue weighted by molar-refractivity contribution is 5.96. The predicted molar refractivity (Wildman–Crippen MR) is 76.2 cm³/mol. The zero-order valence-electron chi connectivity index (χ0n) is 11.6. The molecule has 0 saturated heterocycles. The fourth-order valence-electron chi connectivity index (χ4n) is 1.63. The normalized spacial score (nSPS) is 11.7. The van der Waals surface area contributed by atoms with Crippen LogP contribution in [-0.2, 0) is 4.79 Å². The number of amides is 2. The van der Waals surface area contributed by atoms with Crippen LogP contribution in [0.2, 0.25) is 0 Å². The summed E-state index contributed by atoms with van der Waals surface area (Å²) >= 11 is 0. The molecule has 0 aromatic heterocycles. The second-order valence-electron chi connectivity index (χ2n) is 4.38. The van der Waals surface area contributed by atoms with Crippen LogP contribution < -0.4 is 16.0 Å². The largest absolute Gasteiger partial charge is 0.352 e. The number of benzene rings is 1. The van der Waals surface area contributed by atoms with Crippen LogP contribution in [-0.4, -0.2) is 32.0 Å². The lowest BCUT2D eigenvalue weighted by Crippen LogP contribution is -2.28. The minimum Gasteiger partial charge on any atom is -0.352 e. The summed E-state index contributed by atoms with van der Waals surface area (Å²) in [6, 6.07) is 6.86. The van der Waals surface area contributed by atoms with Gasteiger partial charge in [-0.15, -0.1) is 0 Å². The van der Waals surface area contributed by atoms with E-state index in [4.69, 9.17) is 0 Å². The molecule has 0 heterocycles. The summed E-state index contributed by atoms with van der Waals surface area (Å²) in [7, 11) is 1.81. The minimum absolute atomic E-state index is 0.0416. The summed E-state index contributed by atoms with van der Waals surface area (Å²) in [5, 5.41) is 8.49. The number of hydrogen-bond donors (Lipinski definition) is 3. The van der Waals surface area contributed by atoms with Crippen molar-refractivity contribution >= 4 is 17.5 Å². The first kappa shape index (κ1) is 15.2. The molecule has 0 aliphatic rings. The first-order valence-corrected chi connectivity index (χ1v) is 6.42. The van der Waals surface area contributed by atoms with Crippen LogP contribution in [0.4, 0.5) is 5.69 Å². The van der Waals surface area contributed by atoms with Crippen molar-refractivity contribution in [1.82, 2.24) is 10.6 Å². The van der Waals surface area contributed by atoms with E-state index in [1.54, 1.807) is 24.3 Å². The van der Waals surface area contributed by atoms with E-state index in [2.05, 4.69) is 16.0 Å². The Morgan fingerprint density at radius 2 is 1.84 bits per heavy atom. The Kier molecular flexibility index (Phi) is 6.02. The highest BCUT2D eigenvalue weighted by Gasteiger charge is 2.12. The average Bonchev–Trinajstić information content (AvgIpc) is 2.40. The number of carbonyl (C=O) groups is 2. The first-order valence-electron chi connectivity index (χ1n) is 6.42. The van der Waals surface area contributed by atoms with Crippen molar-refractivity contribution in [2.45, 2.75) is 13.8 Å². The van der Waals surface area contributed by atoms with Gasteiger partial charge in [-0.05, 0) is 38.2 Å². The Labute approximate surface area is 113 Å². The molecule has 1 rings (SSSR count). The topological polar surface area (TPSA) is 70.2 Å². The van der Waals surface area contributed by atoms with Crippen molar-refractivity contribution in [3.8, 4) is 0 Å². The van der Waals surface area contributed by atoms with Gasteiger partial charge in [0.25, 0.3) is 5.91 Å². The minimum atomic E-state index is -0.107. The van der Waals surface area contributed by atoms with Gasteiger partial charge >= 0.3 is 0 Å². The fraction of sp³-hybridized carbons (Fsp3) is 0.429. The van der Waals surface area contributed by atoms with E-state index in [-0.39, 0.29) is 17.7 Å². The zero-order valence-corrected chi connectivity index (χ0v) is 11.6. The van der Waals surface area contributed by atoms with Gasteiger partial charge in [-0.25, -0.2) is 0 Å². The van der Waals surface area contributed by atoms with E-state index in [0.717, 1.165) is 0 Å². The molecule has 0 saturated carbocycles. The molecule has 0 radical (unpaired) electrons. The Bertz CT molecular complexity index is 429. The van der Waals surface area contributed by atoms with Crippen LogP contribution >= 0.6 is 0 Å². The van der Waals surface area contributed by atoms with Gasteiger partial charge < -0.3 is 16.0 Å². The van der Waals surface area contributed by atoms with E-state index in [9.17, 15) is 9.59 Å². The van der Waals surface area contributed by atoms with E-state index in [1.807, 2.05) is 20.9 Å². The van der Waals surface area contributed by atoms with Crippen molar-refractivity contribution in [2.24, 2.45) is 5.92 Å². The number of nitrogens with one attached hydrogen (secondary N) is 3. The number of hydrogen-bond acceptors (Lipinski definition) is 3. The predicted octanol–water partition coefficient (Wildman–Crippen LogP) is 1.23. The summed E-state index contributed by atoms with van der Waals surface area (Å²) in [4.78, 5) is 23.4. The molecule has 0 bridgehead atoms. The zero-order chi connectivity index (χ0) is 14.3. The Morgan fingerprint density at radius 1 is 1.21 bits per heavy atom. The molecular formula is C14H21N3O2. The molecule has 0 aliphatic carbocycles. The maximum atomic E-state index is 11.8. The summed E-state index contributed by atoms with van der Waals surface area (Å²) in [6.45, 7) is 4.95. The number of anilines is 1. The second kappa shape index (κ2) is 7.53. The van der Waals surface area contributed by atoms with Gasteiger partial charge in [0.2, 0.25) is 5.91 Å². The summed E-state index contributed by atoms with van der Waals surface area (Å²) in [6.07, 6.45) is 0. The van der Waals surface area contributed by atoms with Gasteiger partial charge in [0, 0.05) is 30.3 Å². The van der Waals surface area contributed by atoms with Gasteiger partial charge in [0.05, 0.1) is 0 Å². The maximum Gasteiger partial charge on any atom is 0.251 e.